The Bertz CT molecular complexity index is 439. The minimum atomic E-state index is 0.683. The number of halogens is 1. The van der Waals surface area contributed by atoms with Crippen LogP contribution in [0, 0.1) is 0 Å². The fraction of sp³-hybridized carbons (Fsp3) is 0.125. The molecule has 0 aliphatic rings. The molecule has 5 nitrogen and oxygen atoms in total. The normalized spacial score (nSPS) is 10.1. The van der Waals surface area contributed by atoms with Crippen LogP contribution < -0.4 is 5.32 Å². The van der Waals surface area contributed by atoms with Crippen molar-refractivity contribution in [3.8, 4) is 5.82 Å². The van der Waals surface area contributed by atoms with Gasteiger partial charge in [0.2, 0.25) is 0 Å². The molecule has 0 fully saturated rings. The highest BCUT2D eigenvalue weighted by molar-refractivity contribution is 9.10. The third-order valence-electron chi connectivity index (χ3n) is 1.66. The summed E-state index contributed by atoms with van der Waals surface area (Å²) in [6.45, 7) is 0. The molecular weight excluding hydrogens is 246 g/mol. The van der Waals surface area contributed by atoms with E-state index in [-0.39, 0.29) is 0 Å². The maximum atomic E-state index is 4.28. The van der Waals surface area contributed by atoms with E-state index in [9.17, 15) is 0 Å². The molecule has 0 saturated carbocycles. The van der Waals surface area contributed by atoms with Crippen LogP contribution in [-0.4, -0.2) is 26.8 Å². The van der Waals surface area contributed by atoms with Crippen LogP contribution in [-0.2, 0) is 0 Å². The van der Waals surface area contributed by atoms with Gasteiger partial charge in [-0.25, -0.2) is 9.67 Å². The van der Waals surface area contributed by atoms with Crippen molar-refractivity contribution >= 4 is 21.7 Å². The summed E-state index contributed by atoms with van der Waals surface area (Å²) in [6, 6.07) is 0. The van der Waals surface area contributed by atoms with E-state index in [1.165, 1.54) is 0 Å². The number of rotatable bonds is 2. The molecule has 2 aromatic heterocycles. The smallest absolute Gasteiger partial charge is 0.174 e. The van der Waals surface area contributed by atoms with Gasteiger partial charge in [0, 0.05) is 13.2 Å². The lowest BCUT2D eigenvalue weighted by atomic mass is 10.6. The zero-order chi connectivity index (χ0) is 9.97. The summed E-state index contributed by atoms with van der Waals surface area (Å²) in [5, 5.41) is 7.02. The average molecular weight is 254 g/mol. The van der Waals surface area contributed by atoms with Crippen molar-refractivity contribution in [3.05, 3.63) is 29.3 Å². The highest BCUT2D eigenvalue weighted by Gasteiger charge is 2.01. The zero-order valence-electron chi connectivity index (χ0n) is 7.48. The van der Waals surface area contributed by atoms with Gasteiger partial charge in [-0.15, -0.1) is 0 Å². The molecule has 0 atom stereocenters. The van der Waals surface area contributed by atoms with E-state index in [2.05, 4.69) is 36.3 Å². The molecule has 6 heteroatoms. The standard InChI is InChI=1S/C8H8BrN5/c1-10-7-3-11-4-8(13-7)14-5-6(9)2-12-14/h2-5H,1H3,(H,10,13). The number of hydrogen-bond acceptors (Lipinski definition) is 4. The van der Waals surface area contributed by atoms with Crippen LogP contribution in [0.3, 0.4) is 0 Å². The molecule has 0 aliphatic carbocycles. The van der Waals surface area contributed by atoms with E-state index < -0.39 is 0 Å². The number of nitrogens with zero attached hydrogens (tertiary/aromatic N) is 4. The second kappa shape index (κ2) is 3.75. The number of aromatic nitrogens is 4. The Morgan fingerprint density at radius 3 is 2.86 bits per heavy atom. The number of hydrogen-bond donors (Lipinski definition) is 1. The third-order valence-corrected chi connectivity index (χ3v) is 2.07. The van der Waals surface area contributed by atoms with Gasteiger partial charge in [-0.1, -0.05) is 0 Å². The van der Waals surface area contributed by atoms with Gasteiger partial charge in [0.05, 0.1) is 23.1 Å². The van der Waals surface area contributed by atoms with Gasteiger partial charge in [-0.3, -0.25) is 4.98 Å². The van der Waals surface area contributed by atoms with Gasteiger partial charge in [0.15, 0.2) is 5.82 Å². The van der Waals surface area contributed by atoms with Crippen molar-refractivity contribution < 1.29 is 0 Å². The van der Waals surface area contributed by atoms with Crippen LogP contribution in [0.25, 0.3) is 5.82 Å². The zero-order valence-corrected chi connectivity index (χ0v) is 9.06. The Hall–Kier alpha value is -1.43. The van der Waals surface area contributed by atoms with Crippen molar-refractivity contribution in [2.45, 2.75) is 0 Å². The van der Waals surface area contributed by atoms with Crippen molar-refractivity contribution in [2.75, 3.05) is 12.4 Å². The second-order valence-corrected chi connectivity index (χ2v) is 3.53. The maximum Gasteiger partial charge on any atom is 0.174 e. The first-order chi connectivity index (χ1) is 6.79. The largest absolute Gasteiger partial charge is 0.372 e. The van der Waals surface area contributed by atoms with Crippen LogP contribution in [0.15, 0.2) is 29.3 Å². The van der Waals surface area contributed by atoms with Crippen LogP contribution in [0.4, 0.5) is 5.82 Å². The molecule has 0 amide bonds. The Morgan fingerprint density at radius 1 is 1.36 bits per heavy atom. The third kappa shape index (κ3) is 1.74. The molecule has 1 N–H and O–H groups in total. The van der Waals surface area contributed by atoms with Crippen molar-refractivity contribution in [3.63, 3.8) is 0 Å². The van der Waals surface area contributed by atoms with E-state index in [0.29, 0.717) is 11.6 Å². The first-order valence-electron chi connectivity index (χ1n) is 4.00. The maximum absolute atomic E-state index is 4.28. The van der Waals surface area contributed by atoms with Crippen LogP contribution in [0.2, 0.25) is 0 Å². The molecule has 0 aliphatic heterocycles. The molecule has 2 aromatic rings. The summed E-state index contributed by atoms with van der Waals surface area (Å²) in [4.78, 5) is 8.32. The summed E-state index contributed by atoms with van der Waals surface area (Å²) in [5.74, 6) is 1.40. The summed E-state index contributed by atoms with van der Waals surface area (Å²) in [5.41, 5.74) is 0. The molecule has 72 valence electrons. The van der Waals surface area contributed by atoms with Gasteiger partial charge in [-0.2, -0.15) is 5.10 Å². The fourth-order valence-corrected chi connectivity index (χ4v) is 1.30. The average Bonchev–Trinajstić information content (AvgIpc) is 2.65. The van der Waals surface area contributed by atoms with Crippen LogP contribution in [0.1, 0.15) is 0 Å². The van der Waals surface area contributed by atoms with Gasteiger partial charge in [0.1, 0.15) is 5.82 Å². The van der Waals surface area contributed by atoms with Crippen LogP contribution >= 0.6 is 15.9 Å². The number of anilines is 1. The van der Waals surface area contributed by atoms with Crippen molar-refractivity contribution in [2.24, 2.45) is 0 Å². The second-order valence-electron chi connectivity index (χ2n) is 2.62. The molecule has 0 saturated heterocycles. The highest BCUT2D eigenvalue weighted by Crippen LogP contribution is 2.11. The molecule has 0 bridgehead atoms. The van der Waals surface area contributed by atoms with E-state index in [4.69, 9.17) is 0 Å². The van der Waals surface area contributed by atoms with Crippen LogP contribution in [0.5, 0.6) is 0 Å². The Balaban J connectivity index is 2.41. The molecule has 14 heavy (non-hydrogen) atoms. The molecule has 0 aromatic carbocycles. The molecular formula is C8H8BrN5. The molecule has 0 spiro atoms. The summed E-state index contributed by atoms with van der Waals surface area (Å²) in [6.07, 6.45) is 6.83. The predicted octanol–water partition coefficient (Wildman–Crippen LogP) is 1.47. The van der Waals surface area contributed by atoms with E-state index in [0.717, 1.165) is 4.47 Å². The SMILES string of the molecule is CNc1cncc(-n2cc(Br)cn2)n1. The topological polar surface area (TPSA) is 55.6 Å². The Kier molecular flexibility index (Phi) is 2.45. The van der Waals surface area contributed by atoms with Gasteiger partial charge in [0.25, 0.3) is 0 Å². The minimum absolute atomic E-state index is 0.683. The lowest BCUT2D eigenvalue weighted by Crippen LogP contribution is -2.01. The summed E-state index contributed by atoms with van der Waals surface area (Å²) < 4.78 is 2.56. The van der Waals surface area contributed by atoms with E-state index in [1.807, 2.05) is 6.20 Å². The monoisotopic (exact) mass is 253 g/mol. The lowest BCUT2D eigenvalue weighted by Gasteiger charge is -2.01. The van der Waals surface area contributed by atoms with Gasteiger partial charge >= 0.3 is 0 Å². The minimum Gasteiger partial charge on any atom is -0.372 e. The van der Waals surface area contributed by atoms with Crippen molar-refractivity contribution in [1.82, 2.24) is 19.7 Å². The Morgan fingerprint density at radius 2 is 2.21 bits per heavy atom. The molecule has 2 rings (SSSR count). The molecule has 2 heterocycles. The summed E-state index contributed by atoms with van der Waals surface area (Å²) in [7, 11) is 1.80. The Labute approximate surface area is 89.3 Å². The molecule has 0 radical (unpaired) electrons. The first-order valence-corrected chi connectivity index (χ1v) is 4.79. The predicted molar refractivity (Wildman–Crippen MR) is 56.4 cm³/mol. The van der Waals surface area contributed by atoms with E-state index >= 15 is 0 Å². The highest BCUT2D eigenvalue weighted by atomic mass is 79.9. The molecule has 0 unspecified atom stereocenters. The quantitative estimate of drug-likeness (QED) is 0.881. The van der Waals surface area contributed by atoms with Gasteiger partial charge in [-0.05, 0) is 15.9 Å². The lowest BCUT2D eigenvalue weighted by molar-refractivity contribution is 0.839. The number of nitrogens with one attached hydrogen (secondary N) is 1. The van der Waals surface area contributed by atoms with Gasteiger partial charge < -0.3 is 5.32 Å². The summed E-state index contributed by atoms with van der Waals surface area (Å²) >= 11 is 3.32. The fourth-order valence-electron chi connectivity index (χ4n) is 1.01. The first kappa shape index (κ1) is 9.14. The van der Waals surface area contributed by atoms with Crippen molar-refractivity contribution in [1.29, 1.82) is 0 Å². The van der Waals surface area contributed by atoms with E-state index in [1.54, 1.807) is 30.3 Å².